The molecule has 0 amide bonds. The van der Waals surface area contributed by atoms with Crippen molar-refractivity contribution < 1.29 is 0 Å². The maximum absolute atomic E-state index is 2.42. The summed E-state index contributed by atoms with van der Waals surface area (Å²) in [5, 5.41) is 7.55. The van der Waals surface area contributed by atoms with Crippen LogP contribution in [0, 0.1) is 0 Å². The number of nitrogens with zero attached hydrogens (tertiary/aromatic N) is 1. The fraction of sp³-hybridized carbons (Fsp3) is 0.0769. The number of hydrogen-bond acceptors (Lipinski definition) is 1. The van der Waals surface area contributed by atoms with Crippen LogP contribution in [0.2, 0.25) is 0 Å². The molecule has 0 fully saturated rings. The van der Waals surface area contributed by atoms with Gasteiger partial charge in [0.1, 0.15) is 0 Å². The summed E-state index contributed by atoms with van der Waals surface area (Å²) in [6.45, 7) is 6.87. The van der Waals surface area contributed by atoms with E-state index in [4.69, 9.17) is 0 Å². The Morgan fingerprint density at radius 2 is 0.830 bits per heavy atom. The minimum atomic E-state index is 0.0557. The minimum Gasteiger partial charge on any atom is -0.310 e. The summed E-state index contributed by atoms with van der Waals surface area (Å²) >= 11 is 0. The first kappa shape index (κ1) is 32.5. The second kappa shape index (κ2) is 13.3. The Balaban J connectivity index is 1.25. The minimum absolute atomic E-state index is 0.0557. The van der Waals surface area contributed by atoms with Gasteiger partial charge in [0.15, 0.2) is 0 Å². The summed E-state index contributed by atoms with van der Waals surface area (Å²) in [6.07, 6.45) is 0. The lowest BCUT2D eigenvalue weighted by atomic mass is 9.85. The first-order chi connectivity index (χ1) is 25.9. The first-order valence-corrected chi connectivity index (χ1v) is 18.5. The standard InChI is InChI=1S/C52H41N/c1-52(2,3)42-27-23-40-21-22-41-26-30-44(35-51(41)49(40)33-42)53(43-28-24-39(25-29-43)47-20-12-18-37-17-10-11-19-46(37)47)45-31-32-48(36-13-6-4-7-14-36)50(34-45)38-15-8-5-9-16-38/h4-35H,1-3H3. The fourth-order valence-electron chi connectivity index (χ4n) is 7.75. The summed E-state index contributed by atoms with van der Waals surface area (Å²) < 4.78 is 0. The molecule has 0 saturated heterocycles. The van der Waals surface area contributed by atoms with Gasteiger partial charge >= 0.3 is 0 Å². The number of anilines is 3. The molecular weight excluding hydrogens is 639 g/mol. The third-order valence-electron chi connectivity index (χ3n) is 10.6. The molecule has 53 heavy (non-hydrogen) atoms. The molecule has 0 aliphatic rings. The highest BCUT2D eigenvalue weighted by Crippen LogP contribution is 2.43. The van der Waals surface area contributed by atoms with Crippen LogP contribution in [0.25, 0.3) is 65.7 Å². The molecular formula is C52H41N. The maximum Gasteiger partial charge on any atom is 0.0468 e. The molecule has 9 rings (SSSR count). The van der Waals surface area contributed by atoms with E-state index in [1.807, 2.05) is 0 Å². The van der Waals surface area contributed by atoms with E-state index in [9.17, 15) is 0 Å². The van der Waals surface area contributed by atoms with Crippen LogP contribution in [-0.2, 0) is 5.41 Å². The van der Waals surface area contributed by atoms with Gasteiger partial charge in [-0.25, -0.2) is 0 Å². The lowest BCUT2D eigenvalue weighted by Gasteiger charge is -2.27. The highest BCUT2D eigenvalue weighted by molar-refractivity contribution is 6.09. The Morgan fingerprint density at radius 1 is 0.321 bits per heavy atom. The Labute approximate surface area is 312 Å². The quantitative estimate of drug-likeness (QED) is 0.158. The molecule has 0 aliphatic carbocycles. The van der Waals surface area contributed by atoms with Crippen molar-refractivity contribution in [2.24, 2.45) is 0 Å². The molecule has 254 valence electrons. The van der Waals surface area contributed by atoms with E-state index in [1.54, 1.807) is 0 Å². The highest BCUT2D eigenvalue weighted by Gasteiger charge is 2.19. The predicted octanol–water partition coefficient (Wildman–Crippen LogP) is 14.9. The second-order valence-electron chi connectivity index (χ2n) is 15.0. The van der Waals surface area contributed by atoms with E-state index in [0.717, 1.165) is 17.1 Å². The molecule has 0 saturated carbocycles. The van der Waals surface area contributed by atoms with Crippen molar-refractivity contribution in [3.8, 4) is 33.4 Å². The van der Waals surface area contributed by atoms with Gasteiger partial charge in [0.2, 0.25) is 0 Å². The van der Waals surface area contributed by atoms with Gasteiger partial charge in [0, 0.05) is 17.1 Å². The van der Waals surface area contributed by atoms with Crippen LogP contribution in [0.4, 0.5) is 17.1 Å². The number of benzene rings is 9. The van der Waals surface area contributed by atoms with Crippen LogP contribution in [-0.4, -0.2) is 0 Å². The zero-order valence-corrected chi connectivity index (χ0v) is 30.4. The molecule has 0 aliphatic heterocycles. The van der Waals surface area contributed by atoms with Gasteiger partial charge in [-0.3, -0.25) is 0 Å². The van der Waals surface area contributed by atoms with Crippen molar-refractivity contribution in [3.05, 3.63) is 200 Å². The number of fused-ring (bicyclic) bond motifs is 4. The molecule has 0 unspecified atom stereocenters. The molecule has 0 spiro atoms. The third kappa shape index (κ3) is 6.15. The van der Waals surface area contributed by atoms with Crippen molar-refractivity contribution in [1.82, 2.24) is 0 Å². The lowest BCUT2D eigenvalue weighted by Crippen LogP contribution is -2.11. The van der Waals surface area contributed by atoms with Gasteiger partial charge in [-0.15, -0.1) is 0 Å². The van der Waals surface area contributed by atoms with Gasteiger partial charge in [-0.2, -0.15) is 0 Å². The van der Waals surface area contributed by atoms with Gasteiger partial charge in [0.05, 0.1) is 0 Å². The largest absolute Gasteiger partial charge is 0.310 e. The molecule has 9 aromatic carbocycles. The van der Waals surface area contributed by atoms with E-state index in [0.29, 0.717) is 0 Å². The fourth-order valence-corrected chi connectivity index (χ4v) is 7.75. The van der Waals surface area contributed by atoms with E-state index in [1.165, 1.54) is 71.3 Å². The van der Waals surface area contributed by atoms with Crippen LogP contribution < -0.4 is 4.90 Å². The van der Waals surface area contributed by atoms with Crippen LogP contribution in [0.3, 0.4) is 0 Å². The zero-order chi connectivity index (χ0) is 35.9. The van der Waals surface area contributed by atoms with Crippen molar-refractivity contribution in [3.63, 3.8) is 0 Å². The summed E-state index contributed by atoms with van der Waals surface area (Å²) in [5.41, 5.74) is 12.0. The Kier molecular flexibility index (Phi) is 8.13. The second-order valence-corrected chi connectivity index (χ2v) is 15.0. The Hall–Kier alpha value is -6.44. The van der Waals surface area contributed by atoms with E-state index in [2.05, 4.69) is 220 Å². The summed E-state index contributed by atoms with van der Waals surface area (Å²) in [4.78, 5) is 2.42. The van der Waals surface area contributed by atoms with E-state index in [-0.39, 0.29) is 5.41 Å². The molecule has 1 heteroatoms. The molecule has 0 N–H and O–H groups in total. The molecule has 0 radical (unpaired) electrons. The van der Waals surface area contributed by atoms with E-state index >= 15 is 0 Å². The van der Waals surface area contributed by atoms with E-state index < -0.39 is 0 Å². The van der Waals surface area contributed by atoms with Gasteiger partial charge in [-0.1, -0.05) is 178 Å². The number of rotatable bonds is 6. The lowest BCUT2D eigenvalue weighted by molar-refractivity contribution is 0.591. The number of hydrogen-bond donors (Lipinski definition) is 0. The molecule has 0 bridgehead atoms. The normalized spacial score (nSPS) is 11.7. The maximum atomic E-state index is 2.42. The van der Waals surface area contributed by atoms with Crippen molar-refractivity contribution >= 4 is 49.4 Å². The zero-order valence-electron chi connectivity index (χ0n) is 30.4. The summed E-state index contributed by atoms with van der Waals surface area (Å²) in [7, 11) is 0. The predicted molar refractivity (Wildman–Crippen MR) is 229 cm³/mol. The van der Waals surface area contributed by atoms with Crippen molar-refractivity contribution in [2.45, 2.75) is 26.2 Å². The van der Waals surface area contributed by atoms with Crippen molar-refractivity contribution in [1.29, 1.82) is 0 Å². The molecule has 0 atom stereocenters. The summed E-state index contributed by atoms with van der Waals surface area (Å²) in [5.74, 6) is 0. The van der Waals surface area contributed by atoms with Crippen LogP contribution in [0.5, 0.6) is 0 Å². The van der Waals surface area contributed by atoms with Gasteiger partial charge < -0.3 is 4.90 Å². The molecule has 0 heterocycles. The first-order valence-electron chi connectivity index (χ1n) is 18.5. The third-order valence-corrected chi connectivity index (χ3v) is 10.6. The monoisotopic (exact) mass is 679 g/mol. The SMILES string of the molecule is CC(C)(C)c1ccc2ccc3ccc(N(c4ccc(-c5cccc6ccccc56)cc4)c4ccc(-c5ccccc5)c(-c5ccccc5)c4)cc3c2c1. The van der Waals surface area contributed by atoms with Crippen LogP contribution >= 0.6 is 0 Å². The summed E-state index contributed by atoms with van der Waals surface area (Å²) in [6, 6.07) is 71.1. The van der Waals surface area contributed by atoms with Gasteiger partial charge in [0.25, 0.3) is 0 Å². The smallest absolute Gasteiger partial charge is 0.0468 e. The molecule has 9 aromatic rings. The van der Waals surface area contributed by atoms with Crippen LogP contribution in [0.15, 0.2) is 194 Å². The van der Waals surface area contributed by atoms with Crippen molar-refractivity contribution in [2.75, 3.05) is 4.90 Å². The Morgan fingerprint density at radius 3 is 1.55 bits per heavy atom. The Bertz CT molecular complexity index is 2730. The average Bonchev–Trinajstić information content (AvgIpc) is 3.21. The van der Waals surface area contributed by atoms with Crippen LogP contribution in [0.1, 0.15) is 26.3 Å². The molecule has 0 aromatic heterocycles. The van der Waals surface area contributed by atoms with Gasteiger partial charge in [-0.05, 0) is 113 Å². The average molecular weight is 680 g/mol. The topological polar surface area (TPSA) is 3.24 Å². The molecule has 1 nitrogen and oxygen atoms in total. The highest BCUT2D eigenvalue weighted by atomic mass is 15.1.